The SMILES string of the molecule is O=C(O)C(O)C(O)C(=O)O.[LiH].[NaH]. The zero-order chi connectivity index (χ0) is 8.31. The van der Waals surface area contributed by atoms with Crippen molar-refractivity contribution in [3.05, 3.63) is 0 Å². The second kappa shape index (κ2) is 8.07. The Kier molecular flexibility index (Phi) is 12.3. The molecule has 0 aliphatic heterocycles. The normalized spacial score (nSPS) is 13.2. The van der Waals surface area contributed by atoms with Gasteiger partial charge in [-0.3, -0.25) is 0 Å². The van der Waals surface area contributed by atoms with E-state index in [-0.39, 0.29) is 48.4 Å². The molecule has 0 aromatic rings. The fraction of sp³-hybridized carbons (Fsp3) is 0.500. The third-order valence-corrected chi connectivity index (χ3v) is 0.805. The minimum absolute atomic E-state index is 0. The average Bonchev–Trinajstić information content (AvgIpc) is 1.84. The van der Waals surface area contributed by atoms with Gasteiger partial charge < -0.3 is 20.4 Å². The fourth-order valence-electron chi connectivity index (χ4n) is 0.270. The zero-order valence-corrected chi connectivity index (χ0v) is 4.76. The summed E-state index contributed by atoms with van der Waals surface area (Å²) in [6.45, 7) is 0. The molecule has 0 rings (SSSR count). The summed E-state index contributed by atoms with van der Waals surface area (Å²) in [5.41, 5.74) is 0. The van der Waals surface area contributed by atoms with Crippen molar-refractivity contribution in [2.75, 3.05) is 0 Å². The first-order valence-corrected chi connectivity index (χ1v) is 2.28. The van der Waals surface area contributed by atoms with Gasteiger partial charge in [-0.2, -0.15) is 0 Å². The molecule has 0 saturated heterocycles. The maximum absolute atomic E-state index is 9.77. The Hall–Kier alpha value is 0.457. The van der Waals surface area contributed by atoms with Crippen molar-refractivity contribution >= 4 is 60.4 Å². The van der Waals surface area contributed by atoms with Gasteiger partial charge in [0.1, 0.15) is 0 Å². The van der Waals surface area contributed by atoms with Crippen LogP contribution in [-0.2, 0) is 9.59 Å². The molecule has 2 unspecified atom stereocenters. The summed E-state index contributed by atoms with van der Waals surface area (Å²) in [6, 6.07) is 0. The van der Waals surface area contributed by atoms with E-state index in [4.69, 9.17) is 20.4 Å². The van der Waals surface area contributed by atoms with Crippen LogP contribution in [0.15, 0.2) is 0 Å². The van der Waals surface area contributed by atoms with Gasteiger partial charge in [0.2, 0.25) is 0 Å². The molecule has 2 atom stereocenters. The Bertz CT molecular complexity index is 144. The number of carbonyl (C=O) groups is 2. The number of aliphatic hydroxyl groups excluding tert-OH is 2. The van der Waals surface area contributed by atoms with E-state index in [2.05, 4.69) is 0 Å². The van der Waals surface area contributed by atoms with Crippen LogP contribution in [0.3, 0.4) is 0 Å². The quantitative estimate of drug-likeness (QED) is 0.338. The predicted molar refractivity (Wildman–Crippen MR) is 41.6 cm³/mol. The van der Waals surface area contributed by atoms with Gasteiger partial charge in [0.05, 0.1) is 0 Å². The number of hydrogen-bond acceptors (Lipinski definition) is 4. The molecule has 0 saturated carbocycles. The molecule has 0 bridgehead atoms. The maximum atomic E-state index is 9.77. The molecule has 0 aliphatic rings. The summed E-state index contributed by atoms with van der Waals surface area (Å²) in [6.07, 6.45) is -4.53. The van der Waals surface area contributed by atoms with Gasteiger partial charge >= 0.3 is 60.4 Å². The first-order valence-electron chi connectivity index (χ1n) is 2.28. The third kappa shape index (κ3) is 6.03. The van der Waals surface area contributed by atoms with Crippen molar-refractivity contribution in [1.29, 1.82) is 0 Å². The number of rotatable bonds is 3. The summed E-state index contributed by atoms with van der Waals surface area (Å²) in [7, 11) is 0. The predicted octanol–water partition coefficient (Wildman–Crippen LogP) is -3.42. The van der Waals surface area contributed by atoms with Crippen molar-refractivity contribution in [1.82, 2.24) is 0 Å². The molecular formula is C4H8LiNaO6. The first-order chi connectivity index (χ1) is 4.46. The fourth-order valence-corrected chi connectivity index (χ4v) is 0.270. The number of carboxylic acids is 2. The molecule has 8 heteroatoms. The summed E-state index contributed by atoms with van der Waals surface area (Å²) < 4.78 is 0. The van der Waals surface area contributed by atoms with Gasteiger partial charge in [-0.25, -0.2) is 9.59 Å². The summed E-state index contributed by atoms with van der Waals surface area (Å²) in [5.74, 6) is -3.54. The number of aliphatic carboxylic acids is 2. The van der Waals surface area contributed by atoms with Crippen molar-refractivity contribution in [2.45, 2.75) is 12.2 Å². The zero-order valence-electron chi connectivity index (χ0n) is 4.76. The van der Waals surface area contributed by atoms with Crippen molar-refractivity contribution in [2.24, 2.45) is 0 Å². The molecule has 0 aromatic heterocycles. The molecule has 0 aliphatic carbocycles. The number of hydrogen-bond donors (Lipinski definition) is 4. The molecule has 0 fully saturated rings. The van der Waals surface area contributed by atoms with Crippen LogP contribution in [-0.4, -0.2) is 93.0 Å². The van der Waals surface area contributed by atoms with E-state index in [0.29, 0.717) is 0 Å². The van der Waals surface area contributed by atoms with Crippen LogP contribution in [0.1, 0.15) is 0 Å². The summed E-state index contributed by atoms with van der Waals surface area (Å²) >= 11 is 0. The van der Waals surface area contributed by atoms with Gasteiger partial charge in [-0.15, -0.1) is 0 Å². The topological polar surface area (TPSA) is 115 Å². The van der Waals surface area contributed by atoms with Gasteiger partial charge in [-0.05, 0) is 0 Å². The van der Waals surface area contributed by atoms with Crippen molar-refractivity contribution in [3.8, 4) is 0 Å². The molecular weight excluding hydrogens is 174 g/mol. The van der Waals surface area contributed by atoms with E-state index in [1.165, 1.54) is 0 Å². The first kappa shape index (κ1) is 18.3. The van der Waals surface area contributed by atoms with Crippen LogP contribution < -0.4 is 0 Å². The van der Waals surface area contributed by atoms with Gasteiger partial charge in [0.15, 0.2) is 12.2 Å². The Labute approximate surface area is 102 Å². The van der Waals surface area contributed by atoms with Gasteiger partial charge in [0, 0.05) is 0 Å². The van der Waals surface area contributed by atoms with Crippen LogP contribution in [0, 0.1) is 0 Å². The molecule has 0 radical (unpaired) electrons. The molecule has 62 valence electrons. The van der Waals surface area contributed by atoms with Crippen LogP contribution in [0.2, 0.25) is 0 Å². The second-order valence-corrected chi connectivity index (χ2v) is 1.57. The standard InChI is InChI=1S/C4H6O6.Li.Na.2H/c5-1(3(7)8)2(6)4(9)10;;;;/h1-2,5-6H,(H,7,8)(H,9,10);;;;. The Balaban J connectivity index is -0.000000405. The monoisotopic (exact) mass is 182 g/mol. The number of aliphatic hydroxyl groups is 2. The molecule has 12 heavy (non-hydrogen) atoms. The van der Waals surface area contributed by atoms with E-state index < -0.39 is 24.1 Å². The van der Waals surface area contributed by atoms with Gasteiger partial charge in [-0.1, -0.05) is 0 Å². The molecule has 0 amide bonds. The minimum atomic E-state index is -2.27. The average molecular weight is 182 g/mol. The molecule has 0 aromatic carbocycles. The van der Waals surface area contributed by atoms with Crippen LogP contribution >= 0.6 is 0 Å². The van der Waals surface area contributed by atoms with E-state index in [0.717, 1.165) is 0 Å². The summed E-state index contributed by atoms with van der Waals surface area (Å²) in [5, 5.41) is 32.5. The van der Waals surface area contributed by atoms with Crippen LogP contribution in [0.25, 0.3) is 0 Å². The molecule has 4 N–H and O–H groups in total. The Morgan fingerprint density at radius 2 is 1.08 bits per heavy atom. The van der Waals surface area contributed by atoms with Crippen LogP contribution in [0.5, 0.6) is 0 Å². The Morgan fingerprint density at radius 1 is 0.917 bits per heavy atom. The van der Waals surface area contributed by atoms with E-state index in [1.54, 1.807) is 0 Å². The molecule has 6 nitrogen and oxygen atoms in total. The third-order valence-electron chi connectivity index (χ3n) is 0.805. The van der Waals surface area contributed by atoms with E-state index in [9.17, 15) is 9.59 Å². The molecule has 0 heterocycles. The van der Waals surface area contributed by atoms with E-state index in [1.807, 2.05) is 0 Å². The van der Waals surface area contributed by atoms with E-state index >= 15 is 0 Å². The second-order valence-electron chi connectivity index (χ2n) is 1.57. The number of carboxylic acid groups (broad SMARTS) is 2. The molecule has 0 spiro atoms. The van der Waals surface area contributed by atoms with Crippen molar-refractivity contribution < 1.29 is 30.0 Å². The van der Waals surface area contributed by atoms with Gasteiger partial charge in [0.25, 0.3) is 0 Å². The van der Waals surface area contributed by atoms with Crippen LogP contribution in [0.4, 0.5) is 0 Å². The Morgan fingerprint density at radius 3 is 1.17 bits per heavy atom. The summed E-state index contributed by atoms with van der Waals surface area (Å²) in [4.78, 5) is 19.5. The van der Waals surface area contributed by atoms with Crippen molar-refractivity contribution in [3.63, 3.8) is 0 Å².